The molecule has 58 valence electrons. The van der Waals surface area contributed by atoms with Gasteiger partial charge in [-0.3, -0.25) is 4.99 Å². The van der Waals surface area contributed by atoms with E-state index in [9.17, 15) is 0 Å². The van der Waals surface area contributed by atoms with Gasteiger partial charge in [-0.25, -0.2) is 0 Å². The van der Waals surface area contributed by atoms with Crippen molar-refractivity contribution in [3.63, 3.8) is 0 Å². The van der Waals surface area contributed by atoms with Crippen LogP contribution in [0.15, 0.2) is 16.6 Å². The highest BCUT2D eigenvalue weighted by molar-refractivity contribution is 14.1. The molecule has 10 heavy (non-hydrogen) atoms. The molecule has 0 aromatic carbocycles. The quantitative estimate of drug-likeness (QED) is 0.366. The second kappa shape index (κ2) is 6.03. The first-order valence-corrected chi connectivity index (χ1v) is 4.96. The summed E-state index contributed by atoms with van der Waals surface area (Å²) in [7, 11) is 1.72. The minimum absolute atomic E-state index is 0.544. The minimum atomic E-state index is 0.544. The van der Waals surface area contributed by atoms with Crippen LogP contribution < -0.4 is 5.32 Å². The summed E-state index contributed by atoms with van der Waals surface area (Å²) in [6.45, 7) is 5.90. The summed E-state index contributed by atoms with van der Waals surface area (Å²) in [5.41, 5.74) is 0. The molecule has 0 fully saturated rings. The van der Waals surface area contributed by atoms with Gasteiger partial charge in [0.05, 0.1) is 14.6 Å². The highest BCUT2D eigenvalue weighted by atomic mass is 127. The van der Waals surface area contributed by atoms with Gasteiger partial charge in [0.25, 0.3) is 0 Å². The number of aliphatic imine (C=N–C) groups is 1. The molecule has 0 amide bonds. The lowest BCUT2D eigenvalue weighted by Crippen LogP contribution is -2.07. The Bertz CT molecular complexity index is 134. The minimum Gasteiger partial charge on any atom is -0.342 e. The van der Waals surface area contributed by atoms with E-state index in [0.717, 1.165) is 5.03 Å². The van der Waals surface area contributed by atoms with Crippen LogP contribution in [0.4, 0.5) is 0 Å². The average Bonchev–Trinajstić information content (AvgIpc) is 1.82. The number of hydrogen-bond acceptors (Lipinski definition) is 2. The van der Waals surface area contributed by atoms with E-state index >= 15 is 0 Å². The Morgan fingerprint density at radius 1 is 1.90 bits per heavy atom. The predicted molar refractivity (Wildman–Crippen MR) is 57.8 cm³/mol. The van der Waals surface area contributed by atoms with Crippen molar-refractivity contribution in [3.05, 3.63) is 11.6 Å². The molecule has 0 heterocycles. The summed E-state index contributed by atoms with van der Waals surface area (Å²) in [6.07, 6.45) is 1.63. The second-order valence-corrected chi connectivity index (χ2v) is 5.76. The topological polar surface area (TPSA) is 24.4 Å². The second-order valence-electron chi connectivity index (χ2n) is 1.62. The van der Waals surface area contributed by atoms with Gasteiger partial charge in [0.1, 0.15) is 0 Å². The fourth-order valence-electron chi connectivity index (χ4n) is 0.367. The largest absolute Gasteiger partial charge is 0.342 e. The normalized spacial score (nSPS) is 13.5. The average molecular weight is 270 g/mol. The van der Waals surface area contributed by atoms with Gasteiger partial charge in [-0.2, -0.15) is 0 Å². The van der Waals surface area contributed by atoms with Crippen molar-refractivity contribution in [3.8, 4) is 0 Å². The van der Waals surface area contributed by atoms with E-state index in [1.165, 1.54) is 0 Å². The molecule has 0 saturated carbocycles. The van der Waals surface area contributed by atoms with Crippen molar-refractivity contribution in [2.75, 3.05) is 7.05 Å². The Morgan fingerprint density at radius 2 is 2.50 bits per heavy atom. The Morgan fingerprint density at radius 3 is 2.90 bits per heavy atom. The van der Waals surface area contributed by atoms with E-state index in [2.05, 4.69) is 46.4 Å². The third-order valence-electron chi connectivity index (χ3n) is 0.659. The fraction of sp³-hybridized carbons (Fsp3) is 0.500. The molecular weight excluding hydrogens is 259 g/mol. The van der Waals surface area contributed by atoms with Crippen LogP contribution in [0.2, 0.25) is 0 Å². The maximum absolute atomic E-state index is 3.79. The zero-order chi connectivity index (χ0) is 7.98. The molecule has 1 atom stereocenters. The lowest BCUT2D eigenvalue weighted by molar-refractivity contribution is 1.26. The summed E-state index contributed by atoms with van der Waals surface area (Å²) in [6, 6.07) is 0. The molecule has 1 N–H and O–H groups in total. The van der Waals surface area contributed by atoms with Crippen LogP contribution in [0.5, 0.6) is 0 Å². The smallest absolute Gasteiger partial charge is 0.0868 e. The molecule has 0 radical (unpaired) electrons. The monoisotopic (exact) mass is 270 g/mol. The molecule has 0 aliphatic carbocycles. The van der Waals surface area contributed by atoms with Crippen LogP contribution in [0.3, 0.4) is 0 Å². The highest BCUT2D eigenvalue weighted by Gasteiger charge is 1.96. The Balaban J connectivity index is 3.44. The van der Waals surface area contributed by atoms with Crippen LogP contribution >= 0.6 is 34.4 Å². The molecule has 2 nitrogen and oxygen atoms in total. The maximum Gasteiger partial charge on any atom is 0.0868 e. The predicted octanol–water partition coefficient (Wildman–Crippen LogP) is 2.22. The van der Waals surface area contributed by atoms with E-state index < -0.39 is 0 Å². The standard InChI is InChI=1S/C6H11IN2S/c1-5(7)10-6(2)9-4-8-3/h4-5H,2H2,1,3H3,(H,8,9). The molecule has 4 heteroatoms. The molecule has 0 rings (SSSR count). The summed E-state index contributed by atoms with van der Waals surface area (Å²) in [5, 5.41) is 3.87. The molecule has 1 unspecified atom stereocenters. The Hall–Kier alpha value is 0.290. The maximum atomic E-state index is 3.79. The Kier molecular flexibility index (Phi) is 6.20. The number of alkyl halides is 1. The van der Waals surface area contributed by atoms with Crippen LogP contribution in [-0.2, 0) is 0 Å². The molecule has 0 bridgehead atoms. The van der Waals surface area contributed by atoms with Crippen molar-refractivity contribution in [1.29, 1.82) is 0 Å². The molecule has 0 aliphatic rings. The van der Waals surface area contributed by atoms with Crippen molar-refractivity contribution >= 4 is 40.7 Å². The van der Waals surface area contributed by atoms with Gasteiger partial charge < -0.3 is 5.32 Å². The summed E-state index contributed by atoms with van der Waals surface area (Å²) < 4.78 is 0.544. The van der Waals surface area contributed by atoms with E-state index in [4.69, 9.17) is 0 Å². The van der Waals surface area contributed by atoms with Crippen LogP contribution in [0.1, 0.15) is 6.92 Å². The summed E-state index contributed by atoms with van der Waals surface area (Å²) in [4.78, 5) is 3.77. The first-order chi connectivity index (χ1) is 4.66. The van der Waals surface area contributed by atoms with Gasteiger partial charge in [-0.1, -0.05) is 40.9 Å². The van der Waals surface area contributed by atoms with Gasteiger partial charge in [0, 0.05) is 7.05 Å². The van der Waals surface area contributed by atoms with Crippen molar-refractivity contribution in [2.45, 2.75) is 10.2 Å². The molecule has 0 aromatic heterocycles. The van der Waals surface area contributed by atoms with E-state index in [1.807, 2.05) is 0 Å². The Labute approximate surface area is 79.7 Å². The third kappa shape index (κ3) is 6.41. The SMILES string of the molecule is C=C(NC=NC)SC(C)I. The van der Waals surface area contributed by atoms with Crippen molar-refractivity contribution in [2.24, 2.45) is 4.99 Å². The van der Waals surface area contributed by atoms with Gasteiger partial charge in [0.15, 0.2) is 0 Å². The van der Waals surface area contributed by atoms with Crippen LogP contribution in [-0.4, -0.2) is 16.6 Å². The number of nitrogens with one attached hydrogen (secondary N) is 1. The number of rotatable bonds is 4. The molecular formula is C6H11IN2S. The van der Waals surface area contributed by atoms with Crippen LogP contribution in [0, 0.1) is 0 Å². The first kappa shape index (κ1) is 10.3. The highest BCUT2D eigenvalue weighted by Crippen LogP contribution is 2.21. The number of thioether (sulfide) groups is 1. The lowest BCUT2D eigenvalue weighted by Gasteiger charge is -2.04. The van der Waals surface area contributed by atoms with Crippen molar-refractivity contribution < 1.29 is 0 Å². The lowest BCUT2D eigenvalue weighted by atomic mass is 10.9. The summed E-state index contributed by atoms with van der Waals surface area (Å²) in [5.74, 6) is 0. The number of hydrogen-bond donors (Lipinski definition) is 1. The zero-order valence-corrected chi connectivity index (χ0v) is 9.07. The van der Waals surface area contributed by atoms with Gasteiger partial charge in [-0.15, -0.1) is 0 Å². The van der Waals surface area contributed by atoms with Crippen molar-refractivity contribution in [1.82, 2.24) is 5.32 Å². The fourth-order valence-corrected chi connectivity index (χ4v) is 1.80. The van der Waals surface area contributed by atoms with E-state index in [1.54, 1.807) is 25.1 Å². The first-order valence-electron chi connectivity index (χ1n) is 2.83. The third-order valence-corrected chi connectivity index (χ3v) is 2.15. The number of nitrogens with zero attached hydrogens (tertiary/aromatic N) is 1. The van der Waals surface area contributed by atoms with E-state index in [0.29, 0.717) is 3.26 Å². The zero-order valence-electron chi connectivity index (χ0n) is 6.10. The number of halogens is 1. The summed E-state index contributed by atoms with van der Waals surface area (Å²) >= 11 is 4.01. The van der Waals surface area contributed by atoms with Crippen LogP contribution in [0.25, 0.3) is 0 Å². The molecule has 0 saturated heterocycles. The molecule has 0 aromatic rings. The van der Waals surface area contributed by atoms with Gasteiger partial charge >= 0.3 is 0 Å². The van der Waals surface area contributed by atoms with Gasteiger partial charge in [-0.05, 0) is 6.92 Å². The molecule has 0 spiro atoms. The van der Waals surface area contributed by atoms with E-state index in [-0.39, 0.29) is 0 Å². The molecule has 0 aliphatic heterocycles. The van der Waals surface area contributed by atoms with Gasteiger partial charge in [0.2, 0.25) is 0 Å².